The summed E-state index contributed by atoms with van der Waals surface area (Å²) in [4.78, 5) is 28.8. The minimum absolute atomic E-state index is 0.0621. The van der Waals surface area contributed by atoms with E-state index in [1.807, 2.05) is 0 Å². The Kier molecular flexibility index (Phi) is 3.39. The Morgan fingerprint density at radius 1 is 1.30 bits per heavy atom. The third kappa shape index (κ3) is 2.38. The van der Waals surface area contributed by atoms with Crippen molar-refractivity contribution >= 4 is 38.6 Å². The van der Waals surface area contributed by atoms with Crippen molar-refractivity contribution in [3.8, 4) is 0 Å². The lowest BCUT2D eigenvalue weighted by Gasteiger charge is -2.16. The molecule has 7 heteroatoms. The summed E-state index contributed by atoms with van der Waals surface area (Å²) in [6.07, 6.45) is 2.71. The van der Waals surface area contributed by atoms with Crippen molar-refractivity contribution in [3.05, 3.63) is 27.1 Å². The van der Waals surface area contributed by atoms with Crippen LogP contribution in [0.25, 0.3) is 11.0 Å². The zero-order chi connectivity index (χ0) is 14.3. The van der Waals surface area contributed by atoms with E-state index in [0.717, 1.165) is 23.7 Å². The van der Waals surface area contributed by atoms with Gasteiger partial charge in [0.05, 0.1) is 22.6 Å². The van der Waals surface area contributed by atoms with Gasteiger partial charge < -0.3 is 21.0 Å². The van der Waals surface area contributed by atoms with Crippen LogP contribution in [0.4, 0.5) is 5.69 Å². The highest BCUT2D eigenvalue weighted by atomic mass is 79.9. The molecule has 2 aromatic rings. The second-order valence-corrected chi connectivity index (χ2v) is 6.00. The lowest BCUT2D eigenvalue weighted by molar-refractivity contribution is -0.120. The van der Waals surface area contributed by atoms with Gasteiger partial charge in [0.15, 0.2) is 0 Å². The molecule has 2 unspecified atom stereocenters. The molecule has 1 amide bonds. The van der Waals surface area contributed by atoms with E-state index in [0.29, 0.717) is 16.7 Å². The number of benzene rings is 1. The Morgan fingerprint density at radius 2 is 2.00 bits per heavy atom. The van der Waals surface area contributed by atoms with E-state index in [1.165, 1.54) is 0 Å². The Labute approximate surface area is 123 Å². The van der Waals surface area contributed by atoms with E-state index >= 15 is 0 Å². The zero-order valence-corrected chi connectivity index (χ0v) is 12.3. The van der Waals surface area contributed by atoms with Gasteiger partial charge in [-0.2, -0.15) is 0 Å². The summed E-state index contributed by atoms with van der Waals surface area (Å²) in [6.45, 7) is 0. The van der Waals surface area contributed by atoms with Crippen LogP contribution in [0.15, 0.2) is 21.4 Å². The molecule has 1 aromatic heterocycles. The number of fused-ring (bicyclic) bond motifs is 1. The summed E-state index contributed by atoms with van der Waals surface area (Å²) in [5.41, 5.74) is 7.65. The van der Waals surface area contributed by atoms with Gasteiger partial charge in [-0.05, 0) is 40.9 Å². The molecule has 0 bridgehead atoms. The molecule has 1 aliphatic carbocycles. The first-order valence-electron chi connectivity index (χ1n) is 6.52. The molecule has 1 saturated carbocycles. The van der Waals surface area contributed by atoms with Gasteiger partial charge in [0, 0.05) is 10.5 Å². The normalized spacial score (nSPS) is 22.3. The number of anilines is 1. The number of rotatable bonds is 2. The van der Waals surface area contributed by atoms with E-state index in [1.54, 1.807) is 12.1 Å². The van der Waals surface area contributed by atoms with Crippen LogP contribution in [-0.4, -0.2) is 21.9 Å². The molecule has 1 heterocycles. The van der Waals surface area contributed by atoms with Crippen LogP contribution in [0, 0.1) is 5.92 Å². The molecule has 1 aromatic carbocycles. The molecule has 1 fully saturated rings. The topological polar surface area (TPSA) is 104 Å². The van der Waals surface area contributed by atoms with Gasteiger partial charge in [-0.25, -0.2) is 4.79 Å². The van der Waals surface area contributed by atoms with Crippen LogP contribution in [0.2, 0.25) is 0 Å². The van der Waals surface area contributed by atoms with Crippen LogP contribution in [0.5, 0.6) is 0 Å². The van der Waals surface area contributed by atoms with Gasteiger partial charge in [0.25, 0.3) is 0 Å². The average molecular weight is 339 g/mol. The molecule has 106 valence electrons. The van der Waals surface area contributed by atoms with Gasteiger partial charge in [-0.3, -0.25) is 4.79 Å². The first-order valence-corrected chi connectivity index (χ1v) is 7.32. The second-order valence-electron chi connectivity index (χ2n) is 5.15. The van der Waals surface area contributed by atoms with Crippen molar-refractivity contribution in [1.29, 1.82) is 0 Å². The molecular formula is C13H15BrN4O2. The number of carbonyl (C=O) groups excluding carboxylic acids is 1. The highest BCUT2D eigenvalue weighted by Gasteiger charge is 2.30. The van der Waals surface area contributed by atoms with Crippen LogP contribution >= 0.6 is 15.9 Å². The number of hydrogen-bond donors (Lipinski definition) is 4. The first kappa shape index (κ1) is 13.4. The third-order valence-electron chi connectivity index (χ3n) is 3.77. The first-order chi connectivity index (χ1) is 9.54. The van der Waals surface area contributed by atoms with Gasteiger partial charge in [-0.1, -0.05) is 6.42 Å². The molecular weight excluding hydrogens is 324 g/mol. The maximum Gasteiger partial charge on any atom is 0.323 e. The maximum absolute atomic E-state index is 12.2. The lowest BCUT2D eigenvalue weighted by atomic mass is 10.0. The number of carbonyl (C=O) groups is 1. The minimum Gasteiger partial charge on any atom is -0.327 e. The summed E-state index contributed by atoms with van der Waals surface area (Å²) in [7, 11) is 0. The molecule has 2 atom stereocenters. The number of halogens is 1. The lowest BCUT2D eigenvalue weighted by Crippen LogP contribution is -2.34. The van der Waals surface area contributed by atoms with Gasteiger partial charge in [0.2, 0.25) is 5.91 Å². The van der Waals surface area contributed by atoms with Crippen molar-refractivity contribution in [2.24, 2.45) is 11.7 Å². The fourth-order valence-corrected chi connectivity index (χ4v) is 3.13. The number of nitrogens with two attached hydrogens (primary N) is 1. The van der Waals surface area contributed by atoms with E-state index in [2.05, 4.69) is 31.2 Å². The zero-order valence-electron chi connectivity index (χ0n) is 10.7. The van der Waals surface area contributed by atoms with Crippen LogP contribution in [-0.2, 0) is 4.79 Å². The van der Waals surface area contributed by atoms with Crippen LogP contribution < -0.4 is 16.7 Å². The average Bonchev–Trinajstić information content (AvgIpc) is 2.94. The fourth-order valence-electron chi connectivity index (χ4n) is 2.69. The largest absolute Gasteiger partial charge is 0.327 e. The monoisotopic (exact) mass is 338 g/mol. The molecule has 0 saturated heterocycles. The summed E-state index contributed by atoms with van der Waals surface area (Å²) in [5.74, 6) is -0.198. The maximum atomic E-state index is 12.2. The predicted molar refractivity (Wildman–Crippen MR) is 80.6 cm³/mol. The standard InChI is InChI=1S/C13H15BrN4O2/c14-7-4-10-11(18-13(20)17-10)5-9(7)16-12(19)6-2-1-3-8(6)15/h4-6,8H,1-3,15H2,(H,16,19)(H2,17,18,20). The quantitative estimate of drug-likeness (QED) is 0.669. The summed E-state index contributed by atoms with van der Waals surface area (Å²) < 4.78 is 0.722. The highest BCUT2D eigenvalue weighted by Crippen LogP contribution is 2.29. The van der Waals surface area contributed by atoms with Crippen molar-refractivity contribution in [2.45, 2.75) is 25.3 Å². The number of amides is 1. The number of aromatic nitrogens is 2. The predicted octanol–water partition coefficient (Wildman–Crippen LogP) is 1.68. The molecule has 1 aliphatic rings. The Balaban J connectivity index is 1.88. The Bertz CT molecular complexity index is 721. The van der Waals surface area contributed by atoms with E-state index < -0.39 is 0 Å². The van der Waals surface area contributed by atoms with Crippen molar-refractivity contribution in [2.75, 3.05) is 5.32 Å². The van der Waals surface area contributed by atoms with Crippen molar-refractivity contribution in [1.82, 2.24) is 9.97 Å². The third-order valence-corrected chi connectivity index (χ3v) is 4.42. The van der Waals surface area contributed by atoms with Crippen molar-refractivity contribution in [3.63, 3.8) is 0 Å². The molecule has 5 N–H and O–H groups in total. The van der Waals surface area contributed by atoms with Crippen LogP contribution in [0.3, 0.4) is 0 Å². The minimum atomic E-state index is -0.270. The molecule has 3 rings (SSSR count). The number of aromatic amines is 2. The molecule has 0 radical (unpaired) electrons. The molecule has 20 heavy (non-hydrogen) atoms. The number of imidazole rings is 1. The number of nitrogens with one attached hydrogen (secondary N) is 3. The fraction of sp³-hybridized carbons (Fsp3) is 0.385. The SMILES string of the molecule is NC1CCCC1C(=O)Nc1cc2[nH]c(=O)[nH]c2cc1Br. The number of hydrogen-bond acceptors (Lipinski definition) is 3. The molecule has 0 aliphatic heterocycles. The summed E-state index contributed by atoms with van der Waals surface area (Å²) in [6, 6.07) is 3.43. The smallest absolute Gasteiger partial charge is 0.323 e. The molecule has 0 spiro atoms. The van der Waals surface area contributed by atoms with Gasteiger partial charge in [-0.15, -0.1) is 0 Å². The van der Waals surface area contributed by atoms with E-state index in [9.17, 15) is 9.59 Å². The Hall–Kier alpha value is -1.60. The van der Waals surface area contributed by atoms with E-state index in [-0.39, 0.29) is 23.6 Å². The van der Waals surface area contributed by atoms with Gasteiger partial charge in [0.1, 0.15) is 0 Å². The Morgan fingerprint density at radius 3 is 2.65 bits per heavy atom. The molecule has 6 nitrogen and oxygen atoms in total. The summed E-state index contributed by atoms with van der Waals surface area (Å²) in [5, 5.41) is 2.88. The van der Waals surface area contributed by atoms with E-state index in [4.69, 9.17) is 5.73 Å². The van der Waals surface area contributed by atoms with Crippen LogP contribution in [0.1, 0.15) is 19.3 Å². The highest BCUT2D eigenvalue weighted by molar-refractivity contribution is 9.10. The van der Waals surface area contributed by atoms with Crippen molar-refractivity contribution < 1.29 is 4.79 Å². The number of H-pyrrole nitrogens is 2. The second kappa shape index (κ2) is 5.06. The van der Waals surface area contributed by atoms with Gasteiger partial charge >= 0.3 is 5.69 Å². The summed E-state index contributed by atoms with van der Waals surface area (Å²) >= 11 is 3.40.